The van der Waals surface area contributed by atoms with Crippen molar-refractivity contribution < 1.29 is 13.2 Å². The van der Waals surface area contributed by atoms with E-state index in [0.29, 0.717) is 22.5 Å². The van der Waals surface area contributed by atoms with Gasteiger partial charge in [0.25, 0.3) is 0 Å². The number of pyridine rings is 1. The highest BCUT2D eigenvalue weighted by molar-refractivity contribution is 9.10. The first-order valence-electron chi connectivity index (χ1n) is 6.35. The summed E-state index contributed by atoms with van der Waals surface area (Å²) in [6.45, 7) is 2.32. The molecule has 0 unspecified atom stereocenters. The van der Waals surface area contributed by atoms with Crippen LogP contribution in [0.5, 0.6) is 5.75 Å². The van der Waals surface area contributed by atoms with Gasteiger partial charge >= 0.3 is 0 Å². The Balaban J connectivity index is 2.24. The lowest BCUT2D eigenvalue weighted by atomic mass is 10.3. The second-order valence-electron chi connectivity index (χ2n) is 4.17. The lowest BCUT2D eigenvalue weighted by Crippen LogP contribution is -2.24. The number of halogens is 1. The topological polar surface area (TPSA) is 68.3 Å². The van der Waals surface area contributed by atoms with Gasteiger partial charge < -0.3 is 4.74 Å². The van der Waals surface area contributed by atoms with Gasteiger partial charge in [-0.1, -0.05) is 22.0 Å². The molecule has 0 saturated heterocycles. The maximum absolute atomic E-state index is 12.4. The van der Waals surface area contributed by atoms with Crippen LogP contribution in [-0.2, 0) is 16.6 Å². The third-order valence-electron chi connectivity index (χ3n) is 2.66. The maximum atomic E-state index is 12.4. The van der Waals surface area contributed by atoms with Gasteiger partial charge in [-0.25, -0.2) is 13.1 Å². The molecule has 0 saturated carbocycles. The molecule has 0 amide bonds. The number of benzene rings is 1. The van der Waals surface area contributed by atoms with Crippen molar-refractivity contribution >= 4 is 26.0 Å². The summed E-state index contributed by atoms with van der Waals surface area (Å²) in [5.41, 5.74) is 0.647. The van der Waals surface area contributed by atoms with Gasteiger partial charge in [0.05, 0.1) is 18.8 Å². The van der Waals surface area contributed by atoms with Crippen LogP contribution in [0.1, 0.15) is 12.6 Å². The highest BCUT2D eigenvalue weighted by atomic mass is 79.9. The molecule has 1 aromatic heterocycles. The Labute approximate surface area is 132 Å². The summed E-state index contributed by atoms with van der Waals surface area (Å²) in [6.07, 6.45) is 1.62. The van der Waals surface area contributed by atoms with Gasteiger partial charge in [0, 0.05) is 10.7 Å². The predicted molar refractivity (Wildman–Crippen MR) is 83.6 cm³/mol. The fourth-order valence-corrected chi connectivity index (χ4v) is 3.40. The summed E-state index contributed by atoms with van der Waals surface area (Å²) >= 11 is 3.28. The first kappa shape index (κ1) is 15.9. The second kappa shape index (κ2) is 7.02. The van der Waals surface area contributed by atoms with Crippen molar-refractivity contribution in [2.75, 3.05) is 6.61 Å². The number of aromatic nitrogens is 1. The molecule has 1 heterocycles. The molecule has 2 rings (SSSR count). The zero-order chi connectivity index (χ0) is 15.3. The first-order valence-corrected chi connectivity index (χ1v) is 8.62. The minimum absolute atomic E-state index is 0.106. The van der Waals surface area contributed by atoms with Crippen molar-refractivity contribution in [1.29, 1.82) is 0 Å². The van der Waals surface area contributed by atoms with Crippen LogP contribution >= 0.6 is 15.9 Å². The van der Waals surface area contributed by atoms with E-state index in [-0.39, 0.29) is 11.4 Å². The standard InChI is InChI=1S/C14H15BrN2O3S/c1-2-20-13-7-6-11(15)9-14(13)21(18,19)17-10-12-5-3-4-8-16-12/h3-9,17H,2,10H2,1H3. The van der Waals surface area contributed by atoms with Gasteiger partial charge in [0.15, 0.2) is 0 Å². The minimum atomic E-state index is -3.68. The molecule has 0 fully saturated rings. The summed E-state index contributed by atoms with van der Waals surface area (Å²) in [5.74, 6) is 0.328. The molecule has 1 aromatic carbocycles. The van der Waals surface area contributed by atoms with Crippen molar-refractivity contribution in [3.63, 3.8) is 0 Å². The highest BCUT2D eigenvalue weighted by Gasteiger charge is 2.20. The Morgan fingerprint density at radius 1 is 1.29 bits per heavy atom. The largest absolute Gasteiger partial charge is 0.492 e. The van der Waals surface area contributed by atoms with Crippen LogP contribution in [-0.4, -0.2) is 20.0 Å². The number of hydrogen-bond donors (Lipinski definition) is 1. The van der Waals surface area contributed by atoms with Crippen LogP contribution in [0.25, 0.3) is 0 Å². The number of hydrogen-bond acceptors (Lipinski definition) is 4. The van der Waals surface area contributed by atoms with E-state index in [0.717, 1.165) is 0 Å². The SMILES string of the molecule is CCOc1ccc(Br)cc1S(=O)(=O)NCc1ccccn1. The van der Waals surface area contributed by atoms with E-state index in [1.165, 1.54) is 6.07 Å². The third kappa shape index (κ3) is 4.26. The molecule has 5 nitrogen and oxygen atoms in total. The molecule has 0 spiro atoms. The number of nitrogens with one attached hydrogen (secondary N) is 1. The quantitative estimate of drug-likeness (QED) is 0.848. The Morgan fingerprint density at radius 2 is 2.10 bits per heavy atom. The predicted octanol–water partition coefficient (Wildman–Crippen LogP) is 2.72. The lowest BCUT2D eigenvalue weighted by Gasteiger charge is -2.12. The molecular weight excluding hydrogens is 356 g/mol. The smallest absolute Gasteiger partial charge is 0.244 e. The van der Waals surface area contributed by atoms with E-state index in [9.17, 15) is 8.42 Å². The van der Waals surface area contributed by atoms with Crippen LogP contribution in [0.3, 0.4) is 0 Å². The summed E-state index contributed by atoms with van der Waals surface area (Å²) in [6, 6.07) is 10.2. The van der Waals surface area contributed by atoms with Crippen LogP contribution in [0.15, 0.2) is 52.0 Å². The van der Waals surface area contributed by atoms with Crippen LogP contribution in [0, 0.1) is 0 Å². The fraction of sp³-hybridized carbons (Fsp3) is 0.214. The Morgan fingerprint density at radius 3 is 2.76 bits per heavy atom. The van der Waals surface area contributed by atoms with E-state index < -0.39 is 10.0 Å². The van der Waals surface area contributed by atoms with Crippen molar-refractivity contribution in [3.8, 4) is 5.75 Å². The molecule has 0 aliphatic carbocycles. The molecule has 21 heavy (non-hydrogen) atoms. The average molecular weight is 371 g/mol. The zero-order valence-electron chi connectivity index (χ0n) is 11.4. The van der Waals surface area contributed by atoms with E-state index in [1.54, 1.807) is 43.5 Å². The van der Waals surface area contributed by atoms with E-state index in [1.807, 2.05) is 0 Å². The monoisotopic (exact) mass is 370 g/mol. The lowest BCUT2D eigenvalue weighted by molar-refractivity contribution is 0.331. The number of sulfonamides is 1. The van der Waals surface area contributed by atoms with Crippen molar-refractivity contribution in [3.05, 3.63) is 52.8 Å². The van der Waals surface area contributed by atoms with Gasteiger partial charge in [-0.3, -0.25) is 4.98 Å². The normalized spacial score (nSPS) is 11.3. The van der Waals surface area contributed by atoms with Crippen molar-refractivity contribution in [1.82, 2.24) is 9.71 Å². The summed E-state index contributed by atoms with van der Waals surface area (Å²) in [5, 5.41) is 0. The molecule has 112 valence electrons. The summed E-state index contributed by atoms with van der Waals surface area (Å²) in [7, 11) is -3.68. The highest BCUT2D eigenvalue weighted by Crippen LogP contribution is 2.27. The van der Waals surface area contributed by atoms with Crippen LogP contribution < -0.4 is 9.46 Å². The van der Waals surface area contributed by atoms with Gasteiger partial charge in [-0.05, 0) is 37.3 Å². The molecule has 7 heteroatoms. The molecule has 0 aliphatic rings. The molecule has 0 aliphatic heterocycles. The number of ether oxygens (including phenoxy) is 1. The Bertz CT molecular complexity index is 705. The molecule has 0 bridgehead atoms. The fourth-order valence-electron chi connectivity index (χ4n) is 1.72. The third-order valence-corrected chi connectivity index (χ3v) is 4.58. The molecule has 0 atom stereocenters. The molecule has 1 N–H and O–H groups in total. The second-order valence-corrected chi connectivity index (χ2v) is 6.82. The van der Waals surface area contributed by atoms with Crippen LogP contribution in [0.2, 0.25) is 0 Å². The Hall–Kier alpha value is -1.44. The van der Waals surface area contributed by atoms with E-state index in [4.69, 9.17) is 4.74 Å². The molecular formula is C14H15BrN2O3S. The minimum Gasteiger partial charge on any atom is -0.492 e. The van der Waals surface area contributed by atoms with E-state index >= 15 is 0 Å². The summed E-state index contributed by atoms with van der Waals surface area (Å²) in [4.78, 5) is 4.19. The van der Waals surface area contributed by atoms with Gasteiger partial charge in [0.1, 0.15) is 10.6 Å². The zero-order valence-corrected chi connectivity index (χ0v) is 13.8. The van der Waals surface area contributed by atoms with E-state index in [2.05, 4.69) is 25.6 Å². The van der Waals surface area contributed by atoms with Crippen molar-refractivity contribution in [2.24, 2.45) is 0 Å². The van der Waals surface area contributed by atoms with Gasteiger partial charge in [-0.2, -0.15) is 0 Å². The first-order chi connectivity index (χ1) is 10.0. The number of nitrogens with zero attached hydrogens (tertiary/aromatic N) is 1. The van der Waals surface area contributed by atoms with Crippen LogP contribution in [0.4, 0.5) is 0 Å². The number of rotatable bonds is 6. The summed E-state index contributed by atoms with van der Waals surface area (Å²) < 4.78 is 33.4. The maximum Gasteiger partial charge on any atom is 0.244 e. The Kier molecular flexibility index (Phi) is 5.33. The van der Waals surface area contributed by atoms with Gasteiger partial charge in [-0.15, -0.1) is 0 Å². The molecule has 0 radical (unpaired) electrons. The van der Waals surface area contributed by atoms with Crippen molar-refractivity contribution in [2.45, 2.75) is 18.4 Å². The average Bonchev–Trinajstić information content (AvgIpc) is 2.48. The van der Waals surface area contributed by atoms with Gasteiger partial charge in [0.2, 0.25) is 10.0 Å². The molecule has 2 aromatic rings.